The first-order chi connectivity index (χ1) is 18.2. The van der Waals surface area contributed by atoms with Crippen LogP contribution in [0.3, 0.4) is 0 Å². The van der Waals surface area contributed by atoms with E-state index in [-0.39, 0.29) is 24.5 Å². The number of anilines is 1. The Morgan fingerprint density at radius 2 is 1.97 bits per heavy atom. The maximum Gasteiger partial charge on any atom is 0.461 e. The normalized spacial score (nSPS) is 19.7. The van der Waals surface area contributed by atoms with Crippen molar-refractivity contribution < 1.29 is 28.3 Å². The van der Waals surface area contributed by atoms with Gasteiger partial charge in [-0.15, -0.1) is 0 Å². The number of methoxy groups -OCH3 is 1. The minimum Gasteiger partial charge on any atom is -0.480 e. The lowest BCUT2D eigenvalue weighted by Crippen LogP contribution is -2.36. The molecule has 1 aliphatic rings. The molecule has 200 valence electrons. The van der Waals surface area contributed by atoms with Gasteiger partial charge >= 0.3 is 13.7 Å². The van der Waals surface area contributed by atoms with E-state index in [4.69, 9.17) is 19.5 Å². The highest BCUT2D eigenvalue weighted by atomic mass is 31.2. The molecule has 0 saturated heterocycles. The number of fused-ring (bicyclic) bond motifs is 2. The number of imidazole rings is 1. The first-order valence-corrected chi connectivity index (χ1v) is 13.6. The van der Waals surface area contributed by atoms with Crippen molar-refractivity contribution in [1.82, 2.24) is 24.2 Å². The fourth-order valence-electron chi connectivity index (χ4n) is 4.53. The molecule has 4 aromatic rings. The number of nitrogens with zero attached hydrogens (tertiary/aromatic N) is 5. The number of carboxylic acids is 1. The van der Waals surface area contributed by atoms with Crippen molar-refractivity contribution in [2.45, 2.75) is 31.8 Å². The van der Waals surface area contributed by atoms with Gasteiger partial charge in [0.05, 0.1) is 20.0 Å². The zero-order valence-electron chi connectivity index (χ0n) is 21.2. The topological polar surface area (TPSA) is 155 Å². The van der Waals surface area contributed by atoms with Crippen LogP contribution in [0.4, 0.5) is 5.95 Å². The Labute approximate surface area is 218 Å². The number of rotatable bonds is 10. The molecule has 3 N–H and O–H groups in total. The predicted molar refractivity (Wildman–Crippen MR) is 141 cm³/mol. The summed E-state index contributed by atoms with van der Waals surface area (Å²) in [4.78, 5) is 24.5. The Morgan fingerprint density at radius 3 is 2.71 bits per heavy atom. The molecule has 5 rings (SSSR count). The van der Waals surface area contributed by atoms with E-state index in [1.807, 2.05) is 34.9 Å². The SMILES string of the molecule is COc1nc(N)nc2c1ncn2[C@H]1C[C@@H](COP(=O)(Oc2cccc3ccccc23)N(C)[C@@H](C)C(=O)O)C1. The average molecular weight is 541 g/mol. The van der Waals surface area contributed by atoms with E-state index in [1.165, 1.54) is 21.1 Å². The van der Waals surface area contributed by atoms with Crippen LogP contribution in [-0.4, -0.2) is 62.1 Å². The molecule has 0 aliphatic heterocycles. The number of aliphatic carboxylic acids is 1. The van der Waals surface area contributed by atoms with Gasteiger partial charge < -0.3 is 24.7 Å². The summed E-state index contributed by atoms with van der Waals surface area (Å²) in [5.74, 6) is -0.301. The maximum absolute atomic E-state index is 14.1. The quantitative estimate of drug-likeness (QED) is 0.279. The first kappa shape index (κ1) is 25.9. The van der Waals surface area contributed by atoms with Gasteiger partial charge in [0.1, 0.15) is 11.8 Å². The monoisotopic (exact) mass is 540 g/mol. The number of carbonyl (C=O) groups is 1. The van der Waals surface area contributed by atoms with Crippen molar-refractivity contribution in [2.24, 2.45) is 5.92 Å². The van der Waals surface area contributed by atoms with Crippen LogP contribution in [0.15, 0.2) is 48.8 Å². The summed E-state index contributed by atoms with van der Waals surface area (Å²) in [6.07, 6.45) is 3.11. The first-order valence-electron chi connectivity index (χ1n) is 12.1. The molecular weight excluding hydrogens is 511 g/mol. The van der Waals surface area contributed by atoms with Crippen LogP contribution in [0.5, 0.6) is 11.6 Å². The Morgan fingerprint density at radius 1 is 1.24 bits per heavy atom. The van der Waals surface area contributed by atoms with E-state index in [9.17, 15) is 14.5 Å². The molecule has 13 heteroatoms. The van der Waals surface area contributed by atoms with Gasteiger partial charge in [0.25, 0.3) is 0 Å². The smallest absolute Gasteiger partial charge is 0.461 e. The number of hydrogen-bond donors (Lipinski definition) is 2. The lowest BCUT2D eigenvalue weighted by atomic mass is 9.81. The fraction of sp³-hybridized carbons (Fsp3) is 0.360. The minimum atomic E-state index is -4.04. The molecule has 38 heavy (non-hydrogen) atoms. The van der Waals surface area contributed by atoms with Gasteiger partial charge in [-0.2, -0.15) is 14.6 Å². The molecule has 0 amide bonds. The second-order valence-electron chi connectivity index (χ2n) is 9.33. The van der Waals surface area contributed by atoms with E-state index in [0.717, 1.165) is 15.4 Å². The predicted octanol–water partition coefficient (Wildman–Crippen LogP) is 4.13. The molecule has 1 saturated carbocycles. The van der Waals surface area contributed by atoms with Crippen molar-refractivity contribution in [3.63, 3.8) is 0 Å². The van der Waals surface area contributed by atoms with Gasteiger partial charge in [-0.05, 0) is 44.2 Å². The van der Waals surface area contributed by atoms with Crippen LogP contribution in [0.2, 0.25) is 0 Å². The standard InChI is InChI=1S/C25H29N6O6P/c1-15(24(32)33)30(2)38(34,37-20-10-6-8-17-7-4-5-9-19(17)20)36-13-16-11-18(12-16)31-14-27-21-22(31)28-25(26)29-23(21)35-3/h4-10,14-16,18H,11-13H2,1-3H3,(H,32,33)(H2,26,28,29)/t15-,16-,18+,38?/m0/s1. The molecule has 2 aromatic carbocycles. The van der Waals surface area contributed by atoms with E-state index in [1.54, 1.807) is 18.5 Å². The zero-order chi connectivity index (χ0) is 27.0. The molecule has 0 spiro atoms. The number of hydrogen-bond acceptors (Lipinski definition) is 9. The van der Waals surface area contributed by atoms with Gasteiger partial charge in [0.2, 0.25) is 11.8 Å². The number of aromatic nitrogens is 4. The number of likely N-dealkylation sites (N-methyl/N-ethyl adjacent to an activating group) is 1. The minimum absolute atomic E-state index is 0.0662. The second-order valence-corrected chi connectivity index (χ2v) is 11.3. The molecule has 2 aromatic heterocycles. The molecule has 1 fully saturated rings. The third kappa shape index (κ3) is 4.78. The third-order valence-electron chi connectivity index (χ3n) is 6.95. The van der Waals surface area contributed by atoms with Crippen LogP contribution in [0.1, 0.15) is 25.8 Å². The highest BCUT2D eigenvalue weighted by Gasteiger charge is 2.41. The Balaban J connectivity index is 1.33. The molecule has 0 radical (unpaired) electrons. The summed E-state index contributed by atoms with van der Waals surface area (Å²) >= 11 is 0. The Kier molecular flexibility index (Phi) is 6.95. The van der Waals surface area contributed by atoms with Crippen molar-refractivity contribution in [1.29, 1.82) is 0 Å². The van der Waals surface area contributed by atoms with Gasteiger partial charge in [0.15, 0.2) is 11.2 Å². The number of nitrogens with two attached hydrogens (primary N) is 1. The van der Waals surface area contributed by atoms with Crippen LogP contribution in [-0.2, 0) is 13.9 Å². The van der Waals surface area contributed by atoms with E-state index in [2.05, 4.69) is 15.0 Å². The molecule has 2 atom stereocenters. The highest BCUT2D eigenvalue weighted by molar-refractivity contribution is 7.51. The highest BCUT2D eigenvalue weighted by Crippen LogP contribution is 2.54. The lowest BCUT2D eigenvalue weighted by Gasteiger charge is -2.37. The van der Waals surface area contributed by atoms with E-state index in [0.29, 0.717) is 35.6 Å². The number of nitrogen functional groups attached to an aromatic ring is 1. The van der Waals surface area contributed by atoms with Crippen molar-refractivity contribution in [3.8, 4) is 11.6 Å². The zero-order valence-corrected chi connectivity index (χ0v) is 22.1. The Hall–Kier alpha value is -3.73. The lowest BCUT2D eigenvalue weighted by molar-refractivity contribution is -0.140. The average Bonchev–Trinajstić information content (AvgIpc) is 3.29. The van der Waals surface area contributed by atoms with Gasteiger partial charge in [-0.25, -0.2) is 9.55 Å². The van der Waals surface area contributed by atoms with Crippen LogP contribution >= 0.6 is 7.75 Å². The molecule has 12 nitrogen and oxygen atoms in total. The van der Waals surface area contributed by atoms with Crippen molar-refractivity contribution >= 4 is 41.6 Å². The van der Waals surface area contributed by atoms with Gasteiger partial charge in [-0.1, -0.05) is 36.4 Å². The van der Waals surface area contributed by atoms with Crippen molar-refractivity contribution in [2.75, 3.05) is 26.5 Å². The summed E-state index contributed by atoms with van der Waals surface area (Å²) in [6, 6.07) is 11.9. The summed E-state index contributed by atoms with van der Waals surface area (Å²) in [6.45, 7) is 1.57. The summed E-state index contributed by atoms with van der Waals surface area (Å²) in [7, 11) is -1.10. The second kappa shape index (κ2) is 10.2. The maximum atomic E-state index is 14.1. The summed E-state index contributed by atoms with van der Waals surface area (Å²) in [5.41, 5.74) is 6.94. The summed E-state index contributed by atoms with van der Waals surface area (Å²) in [5, 5.41) is 11.2. The number of carboxylic acid groups (broad SMARTS) is 1. The van der Waals surface area contributed by atoms with E-state index >= 15 is 0 Å². The molecular formula is C25H29N6O6P. The van der Waals surface area contributed by atoms with Gasteiger partial charge in [0, 0.05) is 11.4 Å². The molecule has 2 heterocycles. The van der Waals surface area contributed by atoms with Crippen LogP contribution < -0.4 is 15.0 Å². The third-order valence-corrected chi connectivity index (χ3v) is 8.97. The largest absolute Gasteiger partial charge is 0.480 e. The van der Waals surface area contributed by atoms with Gasteiger partial charge in [-0.3, -0.25) is 9.32 Å². The number of ether oxygens (including phenoxy) is 1. The molecule has 1 unspecified atom stereocenters. The Bertz CT molecular complexity index is 1530. The van der Waals surface area contributed by atoms with E-state index < -0.39 is 19.8 Å². The van der Waals surface area contributed by atoms with Crippen LogP contribution in [0, 0.1) is 5.92 Å². The molecule has 0 bridgehead atoms. The molecule has 1 aliphatic carbocycles. The number of benzene rings is 2. The van der Waals surface area contributed by atoms with Crippen LogP contribution in [0.25, 0.3) is 21.9 Å². The summed E-state index contributed by atoms with van der Waals surface area (Å²) < 4.78 is 34.3. The van der Waals surface area contributed by atoms with Crippen molar-refractivity contribution in [3.05, 3.63) is 48.8 Å². The fourth-order valence-corrected chi connectivity index (χ4v) is 6.23.